The van der Waals surface area contributed by atoms with Gasteiger partial charge in [-0.05, 0) is 61.9 Å². The number of hydrogen-bond acceptors (Lipinski definition) is 8. The molecule has 0 aliphatic carbocycles. The third kappa shape index (κ3) is 4.70. The van der Waals surface area contributed by atoms with E-state index in [4.69, 9.17) is 21.6 Å². The van der Waals surface area contributed by atoms with Gasteiger partial charge in [-0.3, -0.25) is 0 Å². The average molecular weight is 492 g/mol. The first-order valence-electron chi connectivity index (χ1n) is 11.7. The van der Waals surface area contributed by atoms with E-state index in [1.165, 1.54) is 0 Å². The van der Waals surface area contributed by atoms with Gasteiger partial charge in [-0.25, -0.2) is 14.8 Å². The minimum Gasteiger partial charge on any atom is -0.355 e. The van der Waals surface area contributed by atoms with Gasteiger partial charge in [0, 0.05) is 30.3 Å². The fourth-order valence-corrected chi connectivity index (χ4v) is 4.59. The van der Waals surface area contributed by atoms with E-state index >= 15 is 0 Å². The number of quaternary nitrogens is 1. The highest BCUT2D eigenvalue weighted by molar-refractivity contribution is 6.30. The Labute approximate surface area is 209 Å². The van der Waals surface area contributed by atoms with E-state index in [-0.39, 0.29) is 5.91 Å². The zero-order valence-corrected chi connectivity index (χ0v) is 20.3. The third-order valence-electron chi connectivity index (χ3n) is 6.32. The Morgan fingerprint density at radius 3 is 2.86 bits per heavy atom. The van der Waals surface area contributed by atoms with E-state index in [1.54, 1.807) is 24.4 Å². The van der Waals surface area contributed by atoms with Crippen LogP contribution in [0.15, 0.2) is 61.3 Å². The molecule has 35 heavy (non-hydrogen) atoms. The van der Waals surface area contributed by atoms with Crippen LogP contribution in [0.3, 0.4) is 0 Å². The summed E-state index contributed by atoms with van der Waals surface area (Å²) in [6.07, 6.45) is 5.53. The van der Waals surface area contributed by atoms with Gasteiger partial charge in [-0.1, -0.05) is 24.2 Å². The van der Waals surface area contributed by atoms with E-state index in [0.29, 0.717) is 45.8 Å². The monoisotopic (exact) mass is 491 g/mol. The number of pyridine rings is 1. The number of nitrogens with one attached hydrogen (secondary N) is 3. The highest BCUT2D eigenvalue weighted by Crippen LogP contribution is 2.29. The maximum atomic E-state index is 13.3. The number of nitrogens with zero attached hydrogens (tertiary/aromatic N) is 5. The van der Waals surface area contributed by atoms with Crippen LogP contribution in [0.4, 0.5) is 29.1 Å². The van der Waals surface area contributed by atoms with Crippen molar-refractivity contribution in [2.75, 3.05) is 41.9 Å². The van der Waals surface area contributed by atoms with E-state index < -0.39 is 0 Å². The number of amides is 1. The SMILES string of the molecule is C=CC[NH+]1C(=O)c2cnc(Nc3ccc(Cl)cc3)nc2N1c1cccc(N(C)[C@H]2CCCNC2)n1. The highest BCUT2D eigenvalue weighted by atomic mass is 35.5. The number of halogens is 1. The molecule has 1 saturated heterocycles. The van der Waals surface area contributed by atoms with Gasteiger partial charge in [-0.15, -0.1) is 5.01 Å². The van der Waals surface area contributed by atoms with Crippen molar-refractivity contribution in [3.63, 3.8) is 0 Å². The molecule has 2 aliphatic rings. The quantitative estimate of drug-likeness (QED) is 0.435. The Hall–Kier alpha value is -3.53. The molecule has 9 nitrogen and oxygen atoms in total. The molecule has 1 amide bonds. The van der Waals surface area contributed by atoms with Crippen molar-refractivity contribution in [3.8, 4) is 0 Å². The first-order valence-corrected chi connectivity index (χ1v) is 12.0. The second-order valence-electron chi connectivity index (χ2n) is 8.63. The maximum absolute atomic E-state index is 13.3. The summed E-state index contributed by atoms with van der Waals surface area (Å²) in [7, 11) is 2.07. The molecule has 0 spiro atoms. The number of carbonyl (C=O) groups excluding carboxylic acids is 1. The predicted octanol–water partition coefficient (Wildman–Crippen LogP) is 2.73. The lowest BCUT2D eigenvalue weighted by atomic mass is 10.1. The summed E-state index contributed by atoms with van der Waals surface area (Å²) >= 11 is 6.00. The molecule has 2 aliphatic heterocycles. The minimum atomic E-state index is -0.116. The Morgan fingerprint density at radius 1 is 1.29 bits per heavy atom. The molecule has 3 N–H and O–H groups in total. The van der Waals surface area contributed by atoms with Gasteiger partial charge in [0.1, 0.15) is 17.9 Å². The van der Waals surface area contributed by atoms with Crippen LogP contribution >= 0.6 is 11.6 Å². The Bertz CT molecular complexity index is 1230. The molecule has 1 unspecified atom stereocenters. The van der Waals surface area contributed by atoms with Crippen LogP contribution in [0, 0.1) is 0 Å². The Kier molecular flexibility index (Phi) is 6.63. The third-order valence-corrected chi connectivity index (χ3v) is 6.58. The number of fused-ring (bicyclic) bond motifs is 1. The van der Waals surface area contributed by atoms with Crippen LogP contribution in [0.25, 0.3) is 0 Å². The van der Waals surface area contributed by atoms with Crippen molar-refractivity contribution < 1.29 is 9.80 Å². The molecule has 4 heterocycles. The molecule has 0 radical (unpaired) electrons. The summed E-state index contributed by atoms with van der Waals surface area (Å²) in [6.45, 7) is 6.21. The average Bonchev–Trinajstić information content (AvgIpc) is 3.16. The number of piperidine rings is 1. The molecular formula is C25H28ClN8O+. The summed E-state index contributed by atoms with van der Waals surface area (Å²) in [5, 5.41) is 9.66. The lowest BCUT2D eigenvalue weighted by molar-refractivity contribution is -0.806. The smallest absolute Gasteiger partial charge is 0.355 e. The van der Waals surface area contributed by atoms with Gasteiger partial charge >= 0.3 is 5.91 Å². The normalized spacial score (nSPS) is 19.4. The molecular weight excluding hydrogens is 464 g/mol. The van der Waals surface area contributed by atoms with Crippen LogP contribution in [-0.4, -0.2) is 53.6 Å². The standard InChI is InChI=1S/C25H27ClN8O/c1-3-14-33-24(35)20-16-28-25(29-18-11-9-17(26)10-12-18)31-23(20)34(33)22-8-4-7-21(30-22)32(2)19-6-5-13-27-15-19/h3-4,7-12,16,19,27H,1,5-6,13-15H2,2H3,(H,28,29,31)/p+1/t19-/m0/s1. The van der Waals surface area contributed by atoms with Gasteiger partial charge in [0.2, 0.25) is 11.8 Å². The van der Waals surface area contributed by atoms with Gasteiger partial charge in [0.05, 0.1) is 6.20 Å². The molecule has 0 bridgehead atoms. The lowest BCUT2D eigenvalue weighted by Gasteiger charge is -2.33. The Morgan fingerprint density at radius 2 is 2.11 bits per heavy atom. The molecule has 1 fully saturated rings. The van der Waals surface area contributed by atoms with Crippen LogP contribution < -0.4 is 25.6 Å². The summed E-state index contributed by atoms with van der Waals surface area (Å²) in [4.78, 5) is 29.5. The molecule has 3 aromatic rings. The largest absolute Gasteiger partial charge is 0.374 e. The van der Waals surface area contributed by atoms with Gasteiger partial charge in [-0.2, -0.15) is 9.99 Å². The number of carbonyl (C=O) groups is 1. The minimum absolute atomic E-state index is 0.116. The first-order chi connectivity index (χ1) is 17.0. The zero-order chi connectivity index (χ0) is 24.4. The summed E-state index contributed by atoms with van der Waals surface area (Å²) in [6, 6.07) is 13.5. The number of aromatic nitrogens is 3. The van der Waals surface area contributed by atoms with E-state index in [9.17, 15) is 4.79 Å². The second kappa shape index (κ2) is 9.99. The van der Waals surface area contributed by atoms with Crippen molar-refractivity contribution >= 4 is 46.6 Å². The zero-order valence-electron chi connectivity index (χ0n) is 19.5. The molecule has 10 heteroatoms. The number of hydrogen-bond donors (Lipinski definition) is 3. The van der Waals surface area contributed by atoms with Crippen LogP contribution in [-0.2, 0) is 0 Å². The Balaban J connectivity index is 1.50. The van der Waals surface area contributed by atoms with Crippen molar-refractivity contribution in [3.05, 3.63) is 71.9 Å². The molecule has 1 aromatic carbocycles. The summed E-state index contributed by atoms with van der Waals surface area (Å²) < 4.78 is 0. The second-order valence-corrected chi connectivity index (χ2v) is 9.07. The van der Waals surface area contributed by atoms with E-state index in [2.05, 4.69) is 34.1 Å². The van der Waals surface area contributed by atoms with Crippen molar-refractivity contribution in [2.24, 2.45) is 0 Å². The van der Waals surface area contributed by atoms with Gasteiger partial charge in [0.15, 0.2) is 5.82 Å². The van der Waals surface area contributed by atoms with Crippen molar-refractivity contribution in [2.45, 2.75) is 18.9 Å². The fourth-order valence-electron chi connectivity index (χ4n) is 4.46. The molecule has 0 saturated carbocycles. The number of likely N-dealkylation sites (N-methyl/N-ethyl adjacent to an activating group) is 1. The van der Waals surface area contributed by atoms with Crippen LogP contribution in [0.1, 0.15) is 23.2 Å². The highest BCUT2D eigenvalue weighted by Gasteiger charge is 2.43. The van der Waals surface area contributed by atoms with Gasteiger partial charge in [0.25, 0.3) is 0 Å². The van der Waals surface area contributed by atoms with Gasteiger partial charge < -0.3 is 15.5 Å². The van der Waals surface area contributed by atoms with E-state index in [1.807, 2.05) is 35.3 Å². The van der Waals surface area contributed by atoms with Crippen LogP contribution in [0.5, 0.6) is 0 Å². The molecule has 180 valence electrons. The van der Waals surface area contributed by atoms with E-state index in [0.717, 1.165) is 37.4 Å². The summed E-state index contributed by atoms with van der Waals surface area (Å²) in [5.74, 6) is 2.26. The fraction of sp³-hybridized carbons (Fsp3) is 0.280. The number of rotatable bonds is 7. The molecule has 5 rings (SSSR count). The number of benzene rings is 1. The van der Waals surface area contributed by atoms with Crippen LogP contribution in [0.2, 0.25) is 5.02 Å². The first kappa shape index (κ1) is 23.2. The maximum Gasteiger partial charge on any atom is 0.374 e. The topological polar surface area (TPSA) is 90.7 Å². The number of anilines is 5. The lowest BCUT2D eigenvalue weighted by Crippen LogP contribution is -3.18. The molecule has 2 atom stereocenters. The summed E-state index contributed by atoms with van der Waals surface area (Å²) in [5.41, 5.74) is 1.24. The molecule has 2 aromatic heterocycles. The van der Waals surface area contributed by atoms with Crippen molar-refractivity contribution in [1.82, 2.24) is 20.3 Å². The predicted molar refractivity (Wildman–Crippen MR) is 138 cm³/mol. The van der Waals surface area contributed by atoms with Crippen molar-refractivity contribution in [1.29, 1.82) is 0 Å².